The van der Waals surface area contributed by atoms with Gasteiger partial charge in [0.15, 0.2) is 0 Å². The predicted molar refractivity (Wildman–Crippen MR) is 66.6 cm³/mol. The van der Waals surface area contributed by atoms with Gasteiger partial charge in [0.05, 0.1) is 5.69 Å². The first kappa shape index (κ1) is 11.6. The average Bonchev–Trinajstić information content (AvgIpc) is 2.70. The Labute approximate surface area is 98.2 Å². The molecular weight excluding hydrogens is 198 g/mol. The van der Waals surface area contributed by atoms with Crippen molar-refractivity contribution in [3.63, 3.8) is 0 Å². The Hall–Kier alpha value is -0.830. The Kier molecular flexibility index (Phi) is 3.64. The van der Waals surface area contributed by atoms with Crippen LogP contribution in [-0.4, -0.2) is 22.9 Å². The molecule has 1 aromatic rings. The summed E-state index contributed by atoms with van der Waals surface area (Å²) in [4.78, 5) is 0. The highest BCUT2D eigenvalue weighted by molar-refractivity contribution is 5.23. The van der Waals surface area contributed by atoms with Gasteiger partial charge in [0.25, 0.3) is 0 Å². The average molecular weight is 221 g/mol. The van der Waals surface area contributed by atoms with Crippen molar-refractivity contribution in [3.05, 3.63) is 17.5 Å². The van der Waals surface area contributed by atoms with Gasteiger partial charge in [0.1, 0.15) is 0 Å². The van der Waals surface area contributed by atoms with Crippen LogP contribution in [0.15, 0.2) is 6.20 Å². The third-order valence-corrected chi connectivity index (χ3v) is 3.80. The minimum absolute atomic E-state index is 0.717. The van der Waals surface area contributed by atoms with Crippen LogP contribution in [0.2, 0.25) is 0 Å². The molecule has 1 fully saturated rings. The highest BCUT2D eigenvalue weighted by Gasteiger charge is 2.27. The lowest BCUT2D eigenvalue weighted by Crippen LogP contribution is -2.35. The summed E-state index contributed by atoms with van der Waals surface area (Å²) in [6, 6.07) is 0. The van der Waals surface area contributed by atoms with Crippen LogP contribution in [0.25, 0.3) is 0 Å². The quantitative estimate of drug-likeness (QED) is 0.847. The standard InChI is InChI=1S/C13H23N3/c1-4-10-8-14-7-6-11(10)12-9-16(3)15-13(12)5-2/h9-11,14H,4-8H2,1-3H3. The number of hydrogen-bond acceptors (Lipinski definition) is 2. The van der Waals surface area contributed by atoms with Gasteiger partial charge in [-0.3, -0.25) is 4.68 Å². The lowest BCUT2D eigenvalue weighted by molar-refractivity contribution is 0.316. The van der Waals surface area contributed by atoms with Gasteiger partial charge >= 0.3 is 0 Å². The van der Waals surface area contributed by atoms with Crippen molar-refractivity contribution in [2.75, 3.05) is 13.1 Å². The van der Waals surface area contributed by atoms with Crippen LogP contribution >= 0.6 is 0 Å². The summed E-state index contributed by atoms with van der Waals surface area (Å²) in [7, 11) is 2.03. The van der Waals surface area contributed by atoms with E-state index in [9.17, 15) is 0 Å². The third-order valence-electron chi connectivity index (χ3n) is 3.80. The first-order valence-electron chi connectivity index (χ1n) is 6.49. The molecule has 0 aromatic carbocycles. The zero-order valence-electron chi connectivity index (χ0n) is 10.7. The van der Waals surface area contributed by atoms with Crippen LogP contribution in [0, 0.1) is 5.92 Å². The molecule has 0 aliphatic carbocycles. The van der Waals surface area contributed by atoms with E-state index in [1.807, 2.05) is 11.7 Å². The van der Waals surface area contributed by atoms with Gasteiger partial charge in [-0.15, -0.1) is 0 Å². The number of aryl methyl sites for hydroxylation is 2. The van der Waals surface area contributed by atoms with E-state index in [-0.39, 0.29) is 0 Å². The number of aromatic nitrogens is 2. The van der Waals surface area contributed by atoms with Crippen LogP contribution in [0.3, 0.4) is 0 Å². The van der Waals surface area contributed by atoms with Gasteiger partial charge in [-0.25, -0.2) is 0 Å². The molecule has 1 aliphatic rings. The van der Waals surface area contributed by atoms with Crippen molar-refractivity contribution in [3.8, 4) is 0 Å². The predicted octanol–water partition coefficient (Wildman–Crippen LogP) is 2.09. The van der Waals surface area contributed by atoms with Gasteiger partial charge in [0, 0.05) is 13.2 Å². The van der Waals surface area contributed by atoms with E-state index in [0.29, 0.717) is 0 Å². The topological polar surface area (TPSA) is 29.9 Å². The molecule has 16 heavy (non-hydrogen) atoms. The van der Waals surface area contributed by atoms with Gasteiger partial charge in [-0.1, -0.05) is 20.3 Å². The Morgan fingerprint density at radius 3 is 3.00 bits per heavy atom. The lowest BCUT2D eigenvalue weighted by atomic mass is 9.79. The molecule has 2 rings (SSSR count). The Balaban J connectivity index is 2.26. The van der Waals surface area contributed by atoms with E-state index in [2.05, 4.69) is 30.5 Å². The van der Waals surface area contributed by atoms with Crippen molar-refractivity contribution in [1.82, 2.24) is 15.1 Å². The van der Waals surface area contributed by atoms with E-state index in [0.717, 1.165) is 24.8 Å². The smallest absolute Gasteiger partial charge is 0.0656 e. The van der Waals surface area contributed by atoms with Crippen molar-refractivity contribution in [2.24, 2.45) is 13.0 Å². The van der Waals surface area contributed by atoms with Crippen LogP contribution in [0.4, 0.5) is 0 Å². The Bertz CT molecular complexity index is 343. The van der Waals surface area contributed by atoms with Crippen molar-refractivity contribution < 1.29 is 0 Å². The Morgan fingerprint density at radius 1 is 1.50 bits per heavy atom. The molecule has 1 aliphatic heterocycles. The molecule has 90 valence electrons. The summed E-state index contributed by atoms with van der Waals surface area (Å²) in [5, 5.41) is 8.07. The molecular formula is C13H23N3. The zero-order valence-corrected chi connectivity index (χ0v) is 10.7. The summed E-state index contributed by atoms with van der Waals surface area (Å²) in [5.74, 6) is 1.50. The maximum Gasteiger partial charge on any atom is 0.0656 e. The van der Waals surface area contributed by atoms with Gasteiger partial charge in [0.2, 0.25) is 0 Å². The molecule has 0 bridgehead atoms. The summed E-state index contributed by atoms with van der Waals surface area (Å²) < 4.78 is 1.98. The normalized spacial score (nSPS) is 25.9. The first-order chi connectivity index (χ1) is 7.76. The Morgan fingerprint density at radius 2 is 2.31 bits per heavy atom. The number of rotatable bonds is 3. The largest absolute Gasteiger partial charge is 0.316 e. The maximum absolute atomic E-state index is 4.57. The molecule has 1 saturated heterocycles. The van der Waals surface area contributed by atoms with Crippen LogP contribution < -0.4 is 5.32 Å². The van der Waals surface area contributed by atoms with E-state index in [1.54, 1.807) is 0 Å². The fourth-order valence-electron chi connectivity index (χ4n) is 2.90. The molecule has 2 heterocycles. The molecule has 0 radical (unpaired) electrons. The number of hydrogen-bond donors (Lipinski definition) is 1. The summed E-state index contributed by atoms with van der Waals surface area (Å²) >= 11 is 0. The maximum atomic E-state index is 4.57. The monoisotopic (exact) mass is 221 g/mol. The molecule has 1 aromatic heterocycles. The third kappa shape index (κ3) is 2.14. The SMILES string of the molecule is CCc1nn(C)cc1C1CCNCC1CC. The molecule has 0 saturated carbocycles. The minimum atomic E-state index is 0.717. The fraction of sp³-hybridized carbons (Fsp3) is 0.769. The van der Waals surface area contributed by atoms with Gasteiger partial charge in [-0.05, 0) is 43.3 Å². The first-order valence-corrected chi connectivity index (χ1v) is 6.49. The number of piperidine rings is 1. The number of nitrogens with zero attached hydrogens (tertiary/aromatic N) is 2. The summed E-state index contributed by atoms with van der Waals surface area (Å²) in [5.41, 5.74) is 2.80. The van der Waals surface area contributed by atoms with Crippen LogP contribution in [0.5, 0.6) is 0 Å². The molecule has 2 unspecified atom stereocenters. The van der Waals surface area contributed by atoms with Crippen LogP contribution in [-0.2, 0) is 13.5 Å². The molecule has 1 N–H and O–H groups in total. The van der Waals surface area contributed by atoms with E-state index in [1.165, 1.54) is 30.6 Å². The highest BCUT2D eigenvalue weighted by Crippen LogP contribution is 2.33. The molecule has 2 atom stereocenters. The van der Waals surface area contributed by atoms with Gasteiger partial charge in [-0.2, -0.15) is 5.10 Å². The van der Waals surface area contributed by atoms with Crippen molar-refractivity contribution in [1.29, 1.82) is 0 Å². The van der Waals surface area contributed by atoms with E-state index in [4.69, 9.17) is 0 Å². The van der Waals surface area contributed by atoms with E-state index < -0.39 is 0 Å². The van der Waals surface area contributed by atoms with Gasteiger partial charge < -0.3 is 5.32 Å². The molecule has 0 spiro atoms. The van der Waals surface area contributed by atoms with Crippen LogP contribution in [0.1, 0.15) is 43.9 Å². The highest BCUT2D eigenvalue weighted by atomic mass is 15.3. The minimum Gasteiger partial charge on any atom is -0.316 e. The molecule has 3 nitrogen and oxygen atoms in total. The second-order valence-electron chi connectivity index (χ2n) is 4.83. The summed E-state index contributed by atoms with van der Waals surface area (Å²) in [6.07, 6.45) is 5.81. The second-order valence-corrected chi connectivity index (χ2v) is 4.83. The number of nitrogens with one attached hydrogen (secondary N) is 1. The second kappa shape index (κ2) is 5.00. The van der Waals surface area contributed by atoms with Crippen molar-refractivity contribution >= 4 is 0 Å². The fourth-order valence-corrected chi connectivity index (χ4v) is 2.90. The summed E-state index contributed by atoms with van der Waals surface area (Å²) in [6.45, 7) is 6.82. The lowest BCUT2D eigenvalue weighted by Gasteiger charge is -2.31. The molecule has 0 amide bonds. The van der Waals surface area contributed by atoms with E-state index >= 15 is 0 Å². The zero-order chi connectivity index (χ0) is 11.5. The molecule has 3 heteroatoms. The van der Waals surface area contributed by atoms with Crippen molar-refractivity contribution in [2.45, 2.75) is 39.0 Å².